The number of carbonyl (C=O) groups is 2. The monoisotopic (exact) mass is 442 g/mol. The number of nitrogens with one attached hydrogen (secondary N) is 1. The summed E-state index contributed by atoms with van der Waals surface area (Å²) in [6.07, 6.45) is 0. The van der Waals surface area contributed by atoms with E-state index in [9.17, 15) is 9.59 Å². The van der Waals surface area contributed by atoms with E-state index in [1.807, 2.05) is 25.3 Å². The van der Waals surface area contributed by atoms with Crippen LogP contribution in [-0.4, -0.2) is 29.8 Å². The first kappa shape index (κ1) is 19.9. The van der Waals surface area contributed by atoms with Gasteiger partial charge in [-0.15, -0.1) is 11.3 Å². The maximum Gasteiger partial charge on any atom is 0.253 e. The lowest BCUT2D eigenvalue weighted by atomic mass is 10.0. The first-order valence-electron chi connectivity index (χ1n) is 7.83. The average molecular weight is 444 g/mol. The van der Waals surface area contributed by atoms with E-state index in [0.29, 0.717) is 17.1 Å². The Hall–Kier alpha value is -1.37. The Kier molecular flexibility index (Phi) is 7.04. The molecular weight excluding hydrogens is 424 g/mol. The molecule has 1 aromatic carbocycles. The van der Waals surface area contributed by atoms with Crippen LogP contribution in [0.1, 0.15) is 29.1 Å². The van der Waals surface area contributed by atoms with E-state index in [2.05, 4.69) is 21.2 Å². The largest absolute Gasteiger partial charge is 0.340 e. The molecule has 0 saturated carbocycles. The van der Waals surface area contributed by atoms with Crippen molar-refractivity contribution in [2.24, 2.45) is 5.92 Å². The standard InChI is InChI=1S/C18H20BrClN2O2S/c1-11(2)16(21-17(23)14-6-4-5-7-15(14)20)18(24)22(3)9-13-8-12(19)10-25-13/h4-8,10-11,16H,9H2,1-3H3,(H,21,23). The Morgan fingerprint density at radius 3 is 2.56 bits per heavy atom. The molecule has 2 rings (SSSR count). The van der Waals surface area contributed by atoms with Gasteiger partial charge in [-0.25, -0.2) is 0 Å². The summed E-state index contributed by atoms with van der Waals surface area (Å²) in [5.41, 5.74) is 0.368. The van der Waals surface area contributed by atoms with Gasteiger partial charge in [0.05, 0.1) is 17.1 Å². The minimum Gasteiger partial charge on any atom is -0.340 e. The number of benzene rings is 1. The number of thiophene rings is 1. The molecule has 0 bridgehead atoms. The van der Waals surface area contributed by atoms with Crippen molar-refractivity contribution in [2.75, 3.05) is 7.05 Å². The summed E-state index contributed by atoms with van der Waals surface area (Å²) in [5.74, 6) is -0.513. The van der Waals surface area contributed by atoms with Crippen molar-refractivity contribution in [1.82, 2.24) is 10.2 Å². The summed E-state index contributed by atoms with van der Waals surface area (Å²) in [4.78, 5) is 28.0. The molecule has 0 saturated heterocycles. The number of amides is 2. The van der Waals surface area contributed by atoms with Crippen LogP contribution in [0.25, 0.3) is 0 Å². The van der Waals surface area contributed by atoms with Crippen LogP contribution < -0.4 is 5.32 Å². The molecule has 1 N–H and O–H groups in total. The van der Waals surface area contributed by atoms with Gasteiger partial charge in [-0.2, -0.15) is 0 Å². The summed E-state index contributed by atoms with van der Waals surface area (Å²) < 4.78 is 1.00. The molecule has 0 radical (unpaired) electrons. The highest BCUT2D eigenvalue weighted by Crippen LogP contribution is 2.21. The molecule has 0 aliphatic heterocycles. The van der Waals surface area contributed by atoms with Crippen LogP contribution in [0.5, 0.6) is 0 Å². The van der Waals surface area contributed by atoms with Crippen LogP contribution in [0.4, 0.5) is 0 Å². The smallest absolute Gasteiger partial charge is 0.253 e. The first-order valence-corrected chi connectivity index (χ1v) is 9.88. The first-order chi connectivity index (χ1) is 11.8. The summed E-state index contributed by atoms with van der Waals surface area (Å²) in [6.45, 7) is 4.32. The molecule has 0 fully saturated rings. The second-order valence-electron chi connectivity index (χ2n) is 6.10. The minimum absolute atomic E-state index is 0.0449. The van der Waals surface area contributed by atoms with Gasteiger partial charge in [0.25, 0.3) is 5.91 Å². The maximum atomic E-state index is 12.8. The molecular formula is C18H20BrClN2O2S. The summed E-state index contributed by atoms with van der Waals surface area (Å²) in [7, 11) is 1.74. The molecule has 0 aliphatic rings. The Bertz CT molecular complexity index is 763. The van der Waals surface area contributed by atoms with Crippen LogP contribution in [0.15, 0.2) is 40.2 Å². The fourth-order valence-corrected chi connectivity index (χ4v) is 4.09. The highest BCUT2D eigenvalue weighted by molar-refractivity contribution is 9.10. The fourth-order valence-electron chi connectivity index (χ4n) is 2.36. The third-order valence-electron chi connectivity index (χ3n) is 3.73. The molecule has 134 valence electrons. The molecule has 1 heterocycles. The molecule has 2 aromatic rings. The topological polar surface area (TPSA) is 49.4 Å². The van der Waals surface area contributed by atoms with Gasteiger partial charge in [-0.3, -0.25) is 9.59 Å². The predicted octanol–water partition coefficient (Wildman–Crippen LogP) is 4.58. The van der Waals surface area contributed by atoms with Gasteiger partial charge in [-0.05, 0) is 40.0 Å². The van der Waals surface area contributed by atoms with Crippen molar-refractivity contribution in [1.29, 1.82) is 0 Å². The summed E-state index contributed by atoms with van der Waals surface area (Å²) >= 11 is 11.1. The van der Waals surface area contributed by atoms with Crippen LogP contribution in [0.2, 0.25) is 5.02 Å². The zero-order valence-corrected chi connectivity index (χ0v) is 17.4. The molecule has 2 amide bonds. The predicted molar refractivity (Wildman–Crippen MR) is 106 cm³/mol. The number of carbonyl (C=O) groups excluding carboxylic acids is 2. The van der Waals surface area contributed by atoms with Gasteiger partial charge in [0.1, 0.15) is 6.04 Å². The molecule has 1 aromatic heterocycles. The van der Waals surface area contributed by atoms with E-state index in [1.54, 1.807) is 47.5 Å². The van der Waals surface area contributed by atoms with E-state index in [-0.39, 0.29) is 17.7 Å². The SMILES string of the molecule is CC(C)C(NC(=O)c1ccccc1Cl)C(=O)N(C)Cc1cc(Br)cs1. The highest BCUT2D eigenvalue weighted by atomic mass is 79.9. The second kappa shape index (κ2) is 8.83. The zero-order chi connectivity index (χ0) is 18.6. The number of halogens is 2. The van der Waals surface area contributed by atoms with Crippen molar-refractivity contribution in [3.63, 3.8) is 0 Å². The number of likely N-dealkylation sites (N-methyl/N-ethyl adjacent to an activating group) is 1. The quantitative estimate of drug-likeness (QED) is 0.710. The van der Waals surface area contributed by atoms with E-state index >= 15 is 0 Å². The number of nitrogens with zero attached hydrogens (tertiary/aromatic N) is 1. The van der Waals surface area contributed by atoms with Gasteiger partial charge in [0.2, 0.25) is 5.91 Å². The zero-order valence-electron chi connectivity index (χ0n) is 14.3. The van der Waals surface area contributed by atoms with Crippen LogP contribution in [0, 0.1) is 5.92 Å². The third-order valence-corrected chi connectivity index (χ3v) is 5.74. The molecule has 7 heteroatoms. The van der Waals surface area contributed by atoms with Crippen molar-refractivity contribution in [3.05, 3.63) is 55.6 Å². The normalized spacial score (nSPS) is 12.1. The lowest BCUT2D eigenvalue weighted by Gasteiger charge is -2.27. The van der Waals surface area contributed by atoms with Crippen molar-refractivity contribution >= 4 is 50.7 Å². The summed E-state index contributed by atoms with van der Waals surface area (Å²) in [6, 6.07) is 8.18. The third kappa shape index (κ3) is 5.30. The Labute approximate surface area is 165 Å². The van der Waals surface area contributed by atoms with Gasteiger partial charge < -0.3 is 10.2 Å². The fraction of sp³-hybridized carbons (Fsp3) is 0.333. The number of hydrogen-bond acceptors (Lipinski definition) is 3. The van der Waals surface area contributed by atoms with Gasteiger partial charge in [0, 0.05) is 21.8 Å². The summed E-state index contributed by atoms with van der Waals surface area (Å²) in [5, 5.41) is 5.17. The second-order valence-corrected chi connectivity index (χ2v) is 8.42. The Balaban J connectivity index is 2.10. The molecule has 4 nitrogen and oxygen atoms in total. The van der Waals surface area contributed by atoms with Gasteiger partial charge >= 0.3 is 0 Å². The van der Waals surface area contributed by atoms with E-state index in [4.69, 9.17) is 11.6 Å². The van der Waals surface area contributed by atoms with Gasteiger partial charge in [-0.1, -0.05) is 37.6 Å². The lowest BCUT2D eigenvalue weighted by molar-refractivity contribution is -0.133. The van der Waals surface area contributed by atoms with E-state index in [0.717, 1.165) is 9.35 Å². The molecule has 1 atom stereocenters. The van der Waals surface area contributed by atoms with Crippen LogP contribution in [0.3, 0.4) is 0 Å². The van der Waals surface area contributed by atoms with Crippen molar-refractivity contribution in [3.8, 4) is 0 Å². The molecule has 1 unspecified atom stereocenters. The lowest BCUT2D eigenvalue weighted by Crippen LogP contribution is -2.50. The molecule has 0 spiro atoms. The molecule has 0 aliphatic carbocycles. The van der Waals surface area contributed by atoms with Crippen LogP contribution in [-0.2, 0) is 11.3 Å². The maximum absolute atomic E-state index is 12.8. The average Bonchev–Trinajstić information content (AvgIpc) is 2.96. The highest BCUT2D eigenvalue weighted by Gasteiger charge is 2.28. The Morgan fingerprint density at radius 2 is 2.00 bits per heavy atom. The Morgan fingerprint density at radius 1 is 1.32 bits per heavy atom. The van der Waals surface area contributed by atoms with E-state index < -0.39 is 6.04 Å². The molecule has 25 heavy (non-hydrogen) atoms. The minimum atomic E-state index is -0.614. The van der Waals surface area contributed by atoms with Crippen molar-refractivity contribution < 1.29 is 9.59 Å². The number of hydrogen-bond donors (Lipinski definition) is 1. The van der Waals surface area contributed by atoms with Gasteiger partial charge in [0.15, 0.2) is 0 Å². The number of rotatable bonds is 6. The van der Waals surface area contributed by atoms with E-state index in [1.165, 1.54) is 0 Å². The van der Waals surface area contributed by atoms with Crippen molar-refractivity contribution in [2.45, 2.75) is 26.4 Å². The van der Waals surface area contributed by atoms with Crippen LogP contribution >= 0.6 is 38.9 Å².